The SMILES string of the molecule is CC.CO.Cc1cccc(C)c1-c1cc2nc(n1)NSC1CCC1CNCCO2. The Morgan fingerprint density at radius 1 is 1.10 bits per heavy atom. The number of aryl methyl sites for hydroxylation is 2. The van der Waals surface area contributed by atoms with E-state index in [2.05, 4.69) is 47.1 Å². The maximum absolute atomic E-state index is 7.00. The molecule has 0 saturated heterocycles. The highest BCUT2D eigenvalue weighted by atomic mass is 32.2. The topological polar surface area (TPSA) is 79.3 Å². The van der Waals surface area contributed by atoms with Gasteiger partial charge in [0, 0.05) is 30.5 Å². The molecule has 2 heterocycles. The summed E-state index contributed by atoms with van der Waals surface area (Å²) in [5.41, 5.74) is 4.50. The molecular formula is C22H34N4O2S. The minimum absolute atomic E-state index is 0.618. The smallest absolute Gasteiger partial charge is 0.236 e. The van der Waals surface area contributed by atoms with Gasteiger partial charge in [0.2, 0.25) is 11.8 Å². The van der Waals surface area contributed by atoms with E-state index in [1.54, 1.807) is 11.9 Å². The van der Waals surface area contributed by atoms with Crippen LogP contribution < -0.4 is 14.8 Å². The largest absolute Gasteiger partial charge is 0.476 e. The lowest BCUT2D eigenvalue weighted by Gasteiger charge is -2.36. The van der Waals surface area contributed by atoms with Crippen LogP contribution in [0.3, 0.4) is 0 Å². The number of aliphatic hydroxyl groups is 1. The van der Waals surface area contributed by atoms with Crippen LogP contribution in [-0.4, -0.2) is 47.1 Å². The Balaban J connectivity index is 0.000000707. The number of nitrogens with one attached hydrogen (secondary N) is 2. The first-order valence-corrected chi connectivity index (χ1v) is 11.2. The summed E-state index contributed by atoms with van der Waals surface area (Å²) in [6, 6.07) is 8.27. The summed E-state index contributed by atoms with van der Waals surface area (Å²) >= 11 is 1.75. The number of hydrogen-bond donors (Lipinski definition) is 3. The van der Waals surface area contributed by atoms with Crippen molar-refractivity contribution in [3.8, 4) is 17.1 Å². The summed E-state index contributed by atoms with van der Waals surface area (Å²) < 4.78 is 9.25. The highest BCUT2D eigenvalue weighted by Crippen LogP contribution is 2.37. The molecule has 0 radical (unpaired) electrons. The normalized spacial score (nSPS) is 20.3. The number of hydrogen-bond acceptors (Lipinski definition) is 7. The number of rotatable bonds is 1. The summed E-state index contributed by atoms with van der Waals surface area (Å²) in [7, 11) is 1.00. The Morgan fingerprint density at radius 2 is 1.83 bits per heavy atom. The van der Waals surface area contributed by atoms with E-state index in [1.165, 1.54) is 24.0 Å². The first kappa shape index (κ1) is 23.4. The molecule has 1 aromatic carbocycles. The predicted molar refractivity (Wildman–Crippen MR) is 123 cm³/mol. The molecule has 1 aliphatic heterocycles. The van der Waals surface area contributed by atoms with Crippen molar-refractivity contribution in [2.75, 3.05) is 31.5 Å². The predicted octanol–water partition coefficient (Wildman–Crippen LogP) is 4.22. The monoisotopic (exact) mass is 418 g/mol. The van der Waals surface area contributed by atoms with Gasteiger partial charge in [0.25, 0.3) is 0 Å². The molecule has 1 aromatic heterocycles. The van der Waals surface area contributed by atoms with Crippen LogP contribution in [0.4, 0.5) is 5.95 Å². The summed E-state index contributed by atoms with van der Waals surface area (Å²) in [6.45, 7) is 10.8. The van der Waals surface area contributed by atoms with Gasteiger partial charge in [-0.2, -0.15) is 4.98 Å². The molecule has 29 heavy (non-hydrogen) atoms. The fourth-order valence-electron chi connectivity index (χ4n) is 3.46. The molecule has 6 nitrogen and oxygen atoms in total. The number of anilines is 1. The molecule has 0 spiro atoms. The first-order valence-electron chi connectivity index (χ1n) is 10.4. The van der Waals surface area contributed by atoms with Gasteiger partial charge in [-0.1, -0.05) is 32.0 Å². The van der Waals surface area contributed by atoms with Crippen LogP contribution in [0.25, 0.3) is 11.3 Å². The van der Waals surface area contributed by atoms with Gasteiger partial charge in [0.15, 0.2) is 0 Å². The standard InChI is InChI=1S/C19H24N4OS.C2H6.CH4O/c1-12-4-3-5-13(2)18(12)15-10-17-22-19(21-15)23-25-16-7-6-14(16)11-20-8-9-24-17;2*1-2/h3-5,10,14,16,20H,6-9,11H2,1-2H3,(H,21,22,23);1-2H3;2H,1H3. The molecule has 2 aliphatic rings. The zero-order valence-electron chi connectivity index (χ0n) is 18.2. The molecule has 1 aliphatic carbocycles. The third kappa shape index (κ3) is 6.07. The molecule has 4 rings (SSSR count). The number of benzene rings is 1. The minimum atomic E-state index is 0.618. The van der Waals surface area contributed by atoms with Gasteiger partial charge in [0.1, 0.15) is 6.61 Å². The Labute approximate surface area is 179 Å². The highest BCUT2D eigenvalue weighted by Gasteiger charge is 2.31. The van der Waals surface area contributed by atoms with Gasteiger partial charge < -0.3 is 15.2 Å². The zero-order chi connectivity index (χ0) is 21.2. The van der Waals surface area contributed by atoms with E-state index in [4.69, 9.17) is 14.8 Å². The van der Waals surface area contributed by atoms with E-state index in [0.717, 1.165) is 37.4 Å². The van der Waals surface area contributed by atoms with Crippen molar-refractivity contribution >= 4 is 17.9 Å². The van der Waals surface area contributed by atoms with Crippen LogP contribution >= 0.6 is 11.9 Å². The van der Waals surface area contributed by atoms with Crippen molar-refractivity contribution in [1.82, 2.24) is 15.3 Å². The van der Waals surface area contributed by atoms with Crippen LogP contribution in [0, 0.1) is 19.8 Å². The van der Waals surface area contributed by atoms with E-state index in [-0.39, 0.29) is 0 Å². The maximum atomic E-state index is 7.00. The second-order valence-corrected chi connectivity index (χ2v) is 7.88. The second-order valence-electron chi connectivity index (χ2n) is 6.83. The zero-order valence-corrected chi connectivity index (χ0v) is 19.0. The van der Waals surface area contributed by atoms with Crippen LogP contribution in [0.5, 0.6) is 5.88 Å². The van der Waals surface area contributed by atoms with Crippen LogP contribution in [0.2, 0.25) is 0 Å². The van der Waals surface area contributed by atoms with E-state index >= 15 is 0 Å². The summed E-state index contributed by atoms with van der Waals surface area (Å²) in [5.74, 6) is 1.99. The fraction of sp³-hybridized carbons (Fsp3) is 0.545. The molecule has 2 bridgehead atoms. The number of fused-ring (bicyclic) bond motifs is 3. The van der Waals surface area contributed by atoms with E-state index < -0.39 is 0 Å². The van der Waals surface area contributed by atoms with Crippen LogP contribution in [-0.2, 0) is 0 Å². The Hall–Kier alpha value is -1.83. The van der Waals surface area contributed by atoms with Gasteiger partial charge >= 0.3 is 0 Å². The molecular weight excluding hydrogens is 384 g/mol. The highest BCUT2D eigenvalue weighted by molar-refractivity contribution is 8.01. The van der Waals surface area contributed by atoms with Crippen molar-refractivity contribution in [3.05, 3.63) is 35.4 Å². The van der Waals surface area contributed by atoms with Gasteiger partial charge in [-0.05, 0) is 62.2 Å². The Morgan fingerprint density at radius 3 is 2.48 bits per heavy atom. The fourth-order valence-corrected chi connectivity index (χ4v) is 4.49. The third-order valence-electron chi connectivity index (χ3n) is 5.02. The van der Waals surface area contributed by atoms with E-state index in [9.17, 15) is 0 Å². The minimum Gasteiger partial charge on any atom is -0.476 e. The molecule has 160 valence electrons. The lowest BCUT2D eigenvalue weighted by Crippen LogP contribution is -2.39. The third-order valence-corrected chi connectivity index (χ3v) is 6.25. The average Bonchev–Trinajstić information content (AvgIpc) is 2.72. The number of nitrogens with zero attached hydrogens (tertiary/aromatic N) is 2. The number of aliphatic hydroxyl groups excluding tert-OH is 1. The number of ether oxygens (including phenoxy) is 1. The number of aromatic nitrogens is 2. The summed E-state index contributed by atoms with van der Waals surface area (Å²) in [5, 5.41) is 11.1. The van der Waals surface area contributed by atoms with Crippen molar-refractivity contribution in [1.29, 1.82) is 0 Å². The second kappa shape index (κ2) is 12.0. The summed E-state index contributed by atoms with van der Waals surface area (Å²) in [4.78, 5) is 9.31. The van der Waals surface area contributed by atoms with Gasteiger partial charge in [-0.3, -0.25) is 4.72 Å². The molecule has 0 amide bonds. The molecule has 2 unspecified atom stereocenters. The lowest BCUT2D eigenvalue weighted by atomic mass is 9.84. The molecule has 7 heteroatoms. The first-order chi connectivity index (χ1) is 14.2. The lowest BCUT2D eigenvalue weighted by molar-refractivity contribution is 0.277. The Bertz CT molecular complexity index is 752. The Kier molecular flexibility index (Phi) is 9.70. The van der Waals surface area contributed by atoms with Gasteiger partial charge in [0.05, 0.1) is 5.69 Å². The molecule has 2 aromatic rings. The molecule has 3 N–H and O–H groups in total. The molecule has 1 fully saturated rings. The van der Waals surface area contributed by atoms with Crippen LogP contribution in [0.1, 0.15) is 37.8 Å². The molecule has 2 atom stereocenters. The van der Waals surface area contributed by atoms with Crippen LogP contribution in [0.15, 0.2) is 24.3 Å². The van der Waals surface area contributed by atoms with E-state index in [1.807, 2.05) is 19.9 Å². The van der Waals surface area contributed by atoms with Crippen molar-refractivity contribution in [3.63, 3.8) is 0 Å². The average molecular weight is 419 g/mol. The van der Waals surface area contributed by atoms with Gasteiger partial charge in [-0.25, -0.2) is 4.98 Å². The quantitative estimate of drug-likeness (QED) is 0.599. The van der Waals surface area contributed by atoms with Crippen molar-refractivity contribution in [2.45, 2.75) is 45.8 Å². The molecule has 1 saturated carbocycles. The van der Waals surface area contributed by atoms with Crippen molar-refractivity contribution in [2.24, 2.45) is 5.92 Å². The maximum Gasteiger partial charge on any atom is 0.236 e. The van der Waals surface area contributed by atoms with Gasteiger partial charge in [-0.15, -0.1) is 0 Å². The van der Waals surface area contributed by atoms with Crippen molar-refractivity contribution < 1.29 is 9.84 Å². The van der Waals surface area contributed by atoms with E-state index in [0.29, 0.717) is 23.7 Å². The summed E-state index contributed by atoms with van der Waals surface area (Å²) in [6.07, 6.45) is 2.55.